The lowest BCUT2D eigenvalue weighted by Crippen LogP contribution is -1.97. The van der Waals surface area contributed by atoms with Gasteiger partial charge >= 0.3 is 0 Å². The number of rotatable bonds is 2. The maximum atomic E-state index is 12.0. The first-order chi connectivity index (χ1) is 7.16. The third-order valence-corrected chi connectivity index (χ3v) is 3.31. The summed E-state index contributed by atoms with van der Waals surface area (Å²) in [7, 11) is 0. The fraction of sp³-hybridized carbons (Fsp3) is 0.154. The summed E-state index contributed by atoms with van der Waals surface area (Å²) >= 11 is 1.51. The van der Waals surface area contributed by atoms with Crippen molar-refractivity contribution in [2.75, 3.05) is 0 Å². The van der Waals surface area contributed by atoms with Crippen LogP contribution in [0.5, 0.6) is 0 Å². The van der Waals surface area contributed by atoms with Crippen molar-refractivity contribution >= 4 is 17.1 Å². The van der Waals surface area contributed by atoms with Crippen LogP contribution < -0.4 is 0 Å². The van der Waals surface area contributed by atoms with Crippen LogP contribution in [0.15, 0.2) is 35.7 Å². The van der Waals surface area contributed by atoms with Gasteiger partial charge in [0.25, 0.3) is 0 Å². The van der Waals surface area contributed by atoms with Crippen molar-refractivity contribution in [3.63, 3.8) is 0 Å². The first-order valence-corrected chi connectivity index (χ1v) is 5.71. The predicted molar refractivity (Wildman–Crippen MR) is 63.7 cm³/mol. The lowest BCUT2D eigenvalue weighted by molar-refractivity contribution is 0.104. The van der Waals surface area contributed by atoms with Crippen molar-refractivity contribution in [2.24, 2.45) is 0 Å². The minimum Gasteiger partial charge on any atom is -0.288 e. The SMILES string of the molecule is Cc1ccc(C(=O)c2cc(C)cs2)cc1. The molecule has 0 N–H and O–H groups in total. The van der Waals surface area contributed by atoms with Gasteiger partial charge in [-0.05, 0) is 30.9 Å². The highest BCUT2D eigenvalue weighted by Gasteiger charge is 2.10. The highest BCUT2D eigenvalue weighted by molar-refractivity contribution is 7.12. The van der Waals surface area contributed by atoms with Crippen molar-refractivity contribution in [1.29, 1.82) is 0 Å². The van der Waals surface area contributed by atoms with Gasteiger partial charge in [0.1, 0.15) is 0 Å². The number of benzene rings is 1. The molecule has 2 rings (SSSR count). The molecule has 1 nitrogen and oxygen atoms in total. The Bertz CT molecular complexity index is 479. The molecule has 0 fully saturated rings. The van der Waals surface area contributed by atoms with E-state index in [1.165, 1.54) is 16.9 Å². The second kappa shape index (κ2) is 3.99. The van der Waals surface area contributed by atoms with Crippen molar-refractivity contribution in [3.8, 4) is 0 Å². The second-order valence-electron chi connectivity index (χ2n) is 3.68. The number of ketones is 1. The predicted octanol–water partition coefficient (Wildman–Crippen LogP) is 3.60. The Morgan fingerprint density at radius 1 is 1.07 bits per heavy atom. The fourth-order valence-corrected chi connectivity index (χ4v) is 2.26. The summed E-state index contributed by atoms with van der Waals surface area (Å²) < 4.78 is 0. The molecule has 1 aromatic heterocycles. The van der Waals surface area contributed by atoms with E-state index in [1.54, 1.807) is 0 Å². The summed E-state index contributed by atoms with van der Waals surface area (Å²) in [6.07, 6.45) is 0. The van der Waals surface area contributed by atoms with Gasteiger partial charge in [-0.2, -0.15) is 0 Å². The van der Waals surface area contributed by atoms with Crippen LogP contribution >= 0.6 is 11.3 Å². The maximum absolute atomic E-state index is 12.0. The Kier molecular flexibility index (Phi) is 2.69. The molecule has 0 bridgehead atoms. The van der Waals surface area contributed by atoms with E-state index in [1.807, 2.05) is 49.6 Å². The Balaban J connectivity index is 2.32. The molecule has 2 aromatic rings. The Hall–Kier alpha value is -1.41. The molecule has 15 heavy (non-hydrogen) atoms. The highest BCUT2D eigenvalue weighted by Crippen LogP contribution is 2.18. The van der Waals surface area contributed by atoms with Crippen LogP contribution in [0.3, 0.4) is 0 Å². The van der Waals surface area contributed by atoms with E-state index in [2.05, 4.69) is 0 Å². The van der Waals surface area contributed by atoms with E-state index in [-0.39, 0.29) is 5.78 Å². The molecule has 0 radical (unpaired) electrons. The Morgan fingerprint density at radius 3 is 2.27 bits per heavy atom. The molecule has 1 heterocycles. The number of carbonyl (C=O) groups excluding carboxylic acids is 1. The molecule has 1 aromatic carbocycles. The topological polar surface area (TPSA) is 17.1 Å². The van der Waals surface area contributed by atoms with E-state index in [0.29, 0.717) is 0 Å². The number of hydrogen-bond acceptors (Lipinski definition) is 2. The standard InChI is InChI=1S/C13H12OS/c1-9-3-5-11(6-4-9)13(14)12-7-10(2)8-15-12/h3-8H,1-2H3. The van der Waals surface area contributed by atoms with Crippen molar-refractivity contribution < 1.29 is 4.79 Å². The van der Waals surface area contributed by atoms with E-state index in [0.717, 1.165) is 16.0 Å². The van der Waals surface area contributed by atoms with Crippen LogP contribution in [0.2, 0.25) is 0 Å². The van der Waals surface area contributed by atoms with Gasteiger partial charge in [-0.1, -0.05) is 29.8 Å². The monoisotopic (exact) mass is 216 g/mol. The minimum absolute atomic E-state index is 0.119. The largest absolute Gasteiger partial charge is 0.288 e. The number of aryl methyl sites for hydroxylation is 2. The zero-order valence-corrected chi connectivity index (χ0v) is 9.60. The van der Waals surface area contributed by atoms with Gasteiger partial charge in [-0.15, -0.1) is 11.3 Å². The number of hydrogen-bond donors (Lipinski definition) is 0. The molecule has 0 saturated heterocycles. The lowest BCUT2D eigenvalue weighted by atomic mass is 10.1. The van der Waals surface area contributed by atoms with Crippen LogP contribution in [0.1, 0.15) is 26.4 Å². The molecule has 2 heteroatoms. The fourth-order valence-electron chi connectivity index (χ4n) is 1.40. The number of carbonyl (C=O) groups is 1. The molecule has 0 unspecified atom stereocenters. The smallest absolute Gasteiger partial charge is 0.202 e. The summed E-state index contributed by atoms with van der Waals surface area (Å²) in [4.78, 5) is 12.8. The molecular formula is C13H12OS. The summed E-state index contributed by atoms with van der Waals surface area (Å²) in [6, 6.07) is 9.63. The molecule has 0 spiro atoms. The van der Waals surface area contributed by atoms with Crippen molar-refractivity contribution in [1.82, 2.24) is 0 Å². The lowest BCUT2D eigenvalue weighted by Gasteiger charge is -1.98. The summed E-state index contributed by atoms with van der Waals surface area (Å²) in [5, 5.41) is 2.00. The third kappa shape index (κ3) is 2.16. The number of thiophene rings is 1. The van der Waals surface area contributed by atoms with Crippen LogP contribution in [0.4, 0.5) is 0 Å². The van der Waals surface area contributed by atoms with E-state index >= 15 is 0 Å². The summed E-state index contributed by atoms with van der Waals surface area (Å²) in [5.41, 5.74) is 3.09. The van der Waals surface area contributed by atoms with Gasteiger partial charge in [0.05, 0.1) is 4.88 Å². The van der Waals surface area contributed by atoms with Crippen LogP contribution in [-0.4, -0.2) is 5.78 Å². The molecule has 0 aliphatic heterocycles. The summed E-state index contributed by atoms with van der Waals surface area (Å²) in [5.74, 6) is 0.119. The average molecular weight is 216 g/mol. The van der Waals surface area contributed by atoms with Crippen LogP contribution in [0, 0.1) is 13.8 Å². The molecular weight excluding hydrogens is 204 g/mol. The molecule has 0 saturated carbocycles. The van der Waals surface area contributed by atoms with Gasteiger partial charge in [0, 0.05) is 5.56 Å². The average Bonchev–Trinajstić information content (AvgIpc) is 2.65. The Labute approximate surface area is 93.4 Å². The van der Waals surface area contributed by atoms with E-state index < -0.39 is 0 Å². The van der Waals surface area contributed by atoms with Gasteiger partial charge in [0.2, 0.25) is 5.78 Å². The zero-order chi connectivity index (χ0) is 10.8. The first kappa shape index (κ1) is 10.1. The summed E-state index contributed by atoms with van der Waals surface area (Å²) in [6.45, 7) is 4.02. The van der Waals surface area contributed by atoms with Crippen molar-refractivity contribution in [3.05, 3.63) is 57.3 Å². The molecule has 76 valence electrons. The van der Waals surface area contributed by atoms with Crippen LogP contribution in [-0.2, 0) is 0 Å². The van der Waals surface area contributed by atoms with Gasteiger partial charge < -0.3 is 0 Å². The van der Waals surface area contributed by atoms with Gasteiger partial charge in [-0.25, -0.2) is 0 Å². The second-order valence-corrected chi connectivity index (χ2v) is 4.59. The molecule has 0 atom stereocenters. The zero-order valence-electron chi connectivity index (χ0n) is 8.78. The normalized spacial score (nSPS) is 10.3. The highest BCUT2D eigenvalue weighted by atomic mass is 32.1. The Morgan fingerprint density at radius 2 is 1.73 bits per heavy atom. The van der Waals surface area contributed by atoms with Gasteiger partial charge in [0.15, 0.2) is 0 Å². The molecule has 0 amide bonds. The first-order valence-electron chi connectivity index (χ1n) is 4.83. The quantitative estimate of drug-likeness (QED) is 0.701. The minimum atomic E-state index is 0.119. The van der Waals surface area contributed by atoms with Crippen molar-refractivity contribution in [2.45, 2.75) is 13.8 Å². The maximum Gasteiger partial charge on any atom is 0.202 e. The molecule has 0 aliphatic rings. The van der Waals surface area contributed by atoms with Gasteiger partial charge in [-0.3, -0.25) is 4.79 Å². The third-order valence-electron chi connectivity index (χ3n) is 2.27. The van der Waals surface area contributed by atoms with E-state index in [9.17, 15) is 4.79 Å². The van der Waals surface area contributed by atoms with Crippen LogP contribution in [0.25, 0.3) is 0 Å². The van der Waals surface area contributed by atoms with E-state index in [4.69, 9.17) is 0 Å². The molecule has 0 aliphatic carbocycles.